The molecule has 24 heavy (non-hydrogen) atoms. The van der Waals surface area contributed by atoms with Crippen LogP contribution in [0.2, 0.25) is 0 Å². The van der Waals surface area contributed by atoms with Crippen LogP contribution in [0.5, 0.6) is 0 Å². The summed E-state index contributed by atoms with van der Waals surface area (Å²) in [5.41, 5.74) is 6.60. The van der Waals surface area contributed by atoms with E-state index in [2.05, 4.69) is 35.8 Å². The van der Waals surface area contributed by atoms with Gasteiger partial charge in [-0.3, -0.25) is 14.4 Å². The van der Waals surface area contributed by atoms with Crippen molar-refractivity contribution in [3.8, 4) is 0 Å². The van der Waals surface area contributed by atoms with Gasteiger partial charge in [0.15, 0.2) is 0 Å². The van der Waals surface area contributed by atoms with E-state index in [0.717, 1.165) is 17.9 Å². The summed E-state index contributed by atoms with van der Waals surface area (Å²) in [6, 6.07) is 0. The Hall–Kier alpha value is -2.15. The van der Waals surface area contributed by atoms with Gasteiger partial charge in [0.2, 0.25) is 11.8 Å². The Morgan fingerprint density at radius 2 is 2.12 bits per heavy atom. The van der Waals surface area contributed by atoms with Crippen LogP contribution < -0.4 is 5.73 Å². The second-order valence-corrected chi connectivity index (χ2v) is 7.63. The number of nitrogens with two attached hydrogens (primary N) is 1. The fraction of sp³-hybridized carbons (Fsp3) is 0.588. The molecular weight excluding hydrogens is 306 g/mol. The average molecular weight is 331 g/mol. The van der Waals surface area contributed by atoms with E-state index in [4.69, 9.17) is 10.2 Å². The maximum absolute atomic E-state index is 11.9. The van der Waals surface area contributed by atoms with Crippen molar-refractivity contribution in [3.05, 3.63) is 35.8 Å². The molecule has 1 aliphatic rings. The molecule has 7 nitrogen and oxygen atoms in total. The van der Waals surface area contributed by atoms with Gasteiger partial charge >= 0.3 is 0 Å². The molecule has 130 valence electrons. The number of hydrogen-bond donors (Lipinski definition) is 1. The lowest BCUT2D eigenvalue weighted by Gasteiger charge is -2.15. The van der Waals surface area contributed by atoms with Crippen LogP contribution in [0.25, 0.3) is 0 Å². The second-order valence-electron chi connectivity index (χ2n) is 7.63. The third kappa shape index (κ3) is 3.36. The van der Waals surface area contributed by atoms with Crippen molar-refractivity contribution in [2.24, 2.45) is 18.7 Å². The standard InChI is InChI=1S/C17H25N5O2/c1-17(2,3)14-6-19-15(24-14)10-22-8-12(13(9-22)16(18)23)11-5-20-21(4)7-11/h5-7,12-13H,8-10H2,1-4H3,(H2,18,23)/t12-,13+/m1/s1. The maximum Gasteiger partial charge on any atom is 0.222 e. The van der Waals surface area contributed by atoms with Crippen LogP contribution in [0.15, 0.2) is 23.0 Å². The summed E-state index contributed by atoms with van der Waals surface area (Å²) >= 11 is 0. The van der Waals surface area contributed by atoms with Crippen LogP contribution in [0, 0.1) is 5.92 Å². The molecule has 3 rings (SSSR count). The van der Waals surface area contributed by atoms with E-state index in [1.807, 2.05) is 19.4 Å². The third-order valence-electron chi connectivity index (χ3n) is 4.57. The number of rotatable bonds is 4. The highest BCUT2D eigenvalue weighted by atomic mass is 16.4. The molecule has 0 aromatic carbocycles. The number of primary amides is 1. The van der Waals surface area contributed by atoms with E-state index >= 15 is 0 Å². The summed E-state index contributed by atoms with van der Waals surface area (Å²) < 4.78 is 7.62. The Morgan fingerprint density at radius 1 is 1.38 bits per heavy atom. The van der Waals surface area contributed by atoms with Gasteiger partial charge in [-0.2, -0.15) is 5.10 Å². The normalized spacial score (nSPS) is 22.2. The minimum atomic E-state index is -0.269. The molecule has 7 heteroatoms. The first-order valence-corrected chi connectivity index (χ1v) is 8.19. The summed E-state index contributed by atoms with van der Waals surface area (Å²) in [6.45, 7) is 8.21. The van der Waals surface area contributed by atoms with Gasteiger partial charge in [0.1, 0.15) is 5.76 Å². The number of carbonyl (C=O) groups excluding carboxylic acids is 1. The van der Waals surface area contributed by atoms with Crippen molar-refractivity contribution in [2.75, 3.05) is 13.1 Å². The molecule has 2 N–H and O–H groups in total. The van der Waals surface area contributed by atoms with Crippen LogP contribution in [0.1, 0.15) is 43.9 Å². The molecule has 2 atom stereocenters. The van der Waals surface area contributed by atoms with Gasteiger partial charge in [-0.1, -0.05) is 20.8 Å². The quantitative estimate of drug-likeness (QED) is 0.915. The molecular formula is C17H25N5O2. The predicted molar refractivity (Wildman–Crippen MR) is 89.1 cm³/mol. The molecule has 3 heterocycles. The van der Waals surface area contributed by atoms with E-state index in [-0.39, 0.29) is 23.2 Å². The number of aromatic nitrogens is 3. The van der Waals surface area contributed by atoms with Crippen LogP contribution >= 0.6 is 0 Å². The molecule has 0 saturated carbocycles. The summed E-state index contributed by atoms with van der Waals surface area (Å²) in [5.74, 6) is 1.12. The molecule has 0 bridgehead atoms. The lowest BCUT2D eigenvalue weighted by atomic mass is 9.90. The molecule has 1 fully saturated rings. The van der Waals surface area contributed by atoms with Crippen molar-refractivity contribution in [1.82, 2.24) is 19.7 Å². The highest BCUT2D eigenvalue weighted by Gasteiger charge is 2.38. The van der Waals surface area contributed by atoms with Gasteiger partial charge < -0.3 is 10.2 Å². The Kier molecular flexibility index (Phi) is 4.21. The second kappa shape index (κ2) is 6.05. The van der Waals surface area contributed by atoms with Crippen molar-refractivity contribution >= 4 is 5.91 Å². The Balaban J connectivity index is 1.74. The van der Waals surface area contributed by atoms with E-state index in [1.165, 1.54) is 0 Å². The predicted octanol–water partition coefficient (Wildman–Crippen LogP) is 1.41. The van der Waals surface area contributed by atoms with Gasteiger partial charge in [0.05, 0.1) is 24.9 Å². The van der Waals surface area contributed by atoms with Gasteiger partial charge in [0, 0.05) is 37.7 Å². The van der Waals surface area contributed by atoms with Crippen LogP contribution in [-0.4, -0.2) is 38.7 Å². The topological polar surface area (TPSA) is 90.2 Å². The number of hydrogen-bond acceptors (Lipinski definition) is 5. The molecule has 2 aromatic rings. The van der Waals surface area contributed by atoms with Gasteiger partial charge in [-0.15, -0.1) is 0 Å². The highest BCUT2D eigenvalue weighted by molar-refractivity contribution is 5.78. The molecule has 1 aliphatic heterocycles. The minimum Gasteiger partial charge on any atom is -0.444 e. The monoisotopic (exact) mass is 331 g/mol. The highest BCUT2D eigenvalue weighted by Crippen LogP contribution is 2.33. The summed E-state index contributed by atoms with van der Waals surface area (Å²) in [6.07, 6.45) is 5.55. The first kappa shape index (κ1) is 16.7. The van der Waals surface area contributed by atoms with Crippen molar-refractivity contribution in [3.63, 3.8) is 0 Å². The smallest absolute Gasteiger partial charge is 0.222 e. The van der Waals surface area contributed by atoms with Crippen molar-refractivity contribution < 1.29 is 9.21 Å². The van der Waals surface area contributed by atoms with Gasteiger partial charge in [-0.05, 0) is 5.56 Å². The molecule has 0 unspecified atom stereocenters. The number of carbonyl (C=O) groups is 1. The van der Waals surface area contributed by atoms with Gasteiger partial charge in [0.25, 0.3) is 0 Å². The average Bonchev–Trinajstić information content (AvgIpc) is 3.17. The number of likely N-dealkylation sites (tertiary alicyclic amines) is 1. The Bertz CT molecular complexity index is 727. The van der Waals surface area contributed by atoms with E-state index in [0.29, 0.717) is 19.0 Å². The first-order chi connectivity index (χ1) is 11.2. The summed E-state index contributed by atoms with van der Waals surface area (Å²) in [4.78, 5) is 18.4. The molecule has 2 aromatic heterocycles. The van der Waals surface area contributed by atoms with E-state index in [9.17, 15) is 4.79 Å². The molecule has 0 spiro atoms. The zero-order valence-corrected chi connectivity index (χ0v) is 14.7. The number of amides is 1. The molecule has 1 amide bonds. The summed E-state index contributed by atoms with van der Waals surface area (Å²) in [5, 5.41) is 4.21. The minimum absolute atomic E-state index is 0.0632. The maximum atomic E-state index is 11.9. The van der Waals surface area contributed by atoms with E-state index in [1.54, 1.807) is 10.9 Å². The fourth-order valence-corrected chi connectivity index (χ4v) is 3.19. The zero-order valence-electron chi connectivity index (χ0n) is 14.7. The van der Waals surface area contributed by atoms with Crippen LogP contribution in [-0.2, 0) is 23.8 Å². The zero-order chi connectivity index (χ0) is 17.5. The Morgan fingerprint density at radius 3 is 2.67 bits per heavy atom. The van der Waals surface area contributed by atoms with Crippen molar-refractivity contribution in [1.29, 1.82) is 0 Å². The SMILES string of the molecule is Cn1cc([C@H]2CN(Cc3ncc(C(C)(C)C)o3)C[C@@H]2C(N)=O)cn1. The van der Waals surface area contributed by atoms with Gasteiger partial charge in [-0.25, -0.2) is 4.98 Å². The summed E-state index contributed by atoms with van der Waals surface area (Å²) in [7, 11) is 1.87. The fourth-order valence-electron chi connectivity index (χ4n) is 3.19. The Labute approximate surface area is 141 Å². The lowest BCUT2D eigenvalue weighted by Crippen LogP contribution is -2.29. The first-order valence-electron chi connectivity index (χ1n) is 8.19. The third-order valence-corrected chi connectivity index (χ3v) is 4.57. The number of aryl methyl sites for hydroxylation is 1. The van der Waals surface area contributed by atoms with Crippen molar-refractivity contribution in [2.45, 2.75) is 38.6 Å². The van der Waals surface area contributed by atoms with Crippen LogP contribution in [0.3, 0.4) is 0 Å². The van der Waals surface area contributed by atoms with E-state index < -0.39 is 0 Å². The lowest BCUT2D eigenvalue weighted by molar-refractivity contribution is -0.121. The molecule has 0 radical (unpaired) electrons. The number of nitrogens with zero attached hydrogens (tertiary/aromatic N) is 4. The van der Waals surface area contributed by atoms with Crippen LogP contribution in [0.4, 0.5) is 0 Å². The largest absolute Gasteiger partial charge is 0.444 e. The molecule has 1 saturated heterocycles. The molecule has 0 aliphatic carbocycles. The number of oxazole rings is 1.